The van der Waals surface area contributed by atoms with Crippen molar-refractivity contribution in [1.82, 2.24) is 9.78 Å². The van der Waals surface area contributed by atoms with Crippen LogP contribution in [0.3, 0.4) is 0 Å². The maximum atomic E-state index is 6.07. The number of nitrogens with zero attached hydrogens (tertiary/aromatic N) is 2. The van der Waals surface area contributed by atoms with Gasteiger partial charge in [-0.05, 0) is 47.6 Å². The molecule has 0 atom stereocenters. The second-order valence-corrected chi connectivity index (χ2v) is 5.64. The minimum atomic E-state index is 0.435. The number of rotatable bonds is 4. The zero-order chi connectivity index (χ0) is 13.1. The van der Waals surface area contributed by atoms with Crippen LogP contribution in [0.4, 0.5) is 5.69 Å². The van der Waals surface area contributed by atoms with Crippen LogP contribution in [0.25, 0.3) is 11.3 Å². The third kappa shape index (κ3) is 2.68. The molecule has 0 fully saturated rings. The van der Waals surface area contributed by atoms with E-state index in [1.165, 1.54) is 3.57 Å². The normalized spacial score (nSPS) is 11.1. The van der Waals surface area contributed by atoms with E-state index in [0.29, 0.717) is 6.04 Å². The van der Waals surface area contributed by atoms with Crippen LogP contribution in [-0.2, 0) is 0 Å². The molecular weight excluding hydrogens is 337 g/mol. The highest BCUT2D eigenvalue weighted by Gasteiger charge is 2.13. The number of anilines is 1. The van der Waals surface area contributed by atoms with Gasteiger partial charge in [0.05, 0.1) is 11.7 Å². The van der Waals surface area contributed by atoms with Crippen molar-refractivity contribution in [2.75, 3.05) is 5.73 Å². The Morgan fingerprint density at radius 3 is 2.39 bits per heavy atom. The van der Waals surface area contributed by atoms with Crippen molar-refractivity contribution >= 4 is 28.3 Å². The lowest BCUT2D eigenvalue weighted by molar-refractivity contribution is 0.429. The van der Waals surface area contributed by atoms with Crippen LogP contribution < -0.4 is 5.73 Å². The monoisotopic (exact) mass is 355 g/mol. The van der Waals surface area contributed by atoms with Gasteiger partial charge in [0.1, 0.15) is 5.69 Å². The largest absolute Gasteiger partial charge is 0.396 e. The Bertz CT molecular complexity index is 512. The predicted molar refractivity (Wildman–Crippen MR) is 84.4 cm³/mol. The molecule has 18 heavy (non-hydrogen) atoms. The fourth-order valence-electron chi connectivity index (χ4n) is 2.09. The first-order valence-electron chi connectivity index (χ1n) is 6.26. The van der Waals surface area contributed by atoms with Gasteiger partial charge in [-0.25, -0.2) is 0 Å². The molecule has 2 rings (SSSR count). The summed E-state index contributed by atoms with van der Waals surface area (Å²) in [5.41, 5.74) is 8.79. The third-order valence-corrected chi connectivity index (χ3v) is 3.91. The highest BCUT2D eigenvalue weighted by Crippen LogP contribution is 2.27. The second kappa shape index (κ2) is 5.73. The molecule has 4 heteroatoms. The molecule has 3 nitrogen and oxygen atoms in total. The Kier molecular flexibility index (Phi) is 4.27. The summed E-state index contributed by atoms with van der Waals surface area (Å²) < 4.78 is 3.22. The van der Waals surface area contributed by atoms with Crippen LogP contribution in [0, 0.1) is 3.57 Å². The second-order valence-electron chi connectivity index (χ2n) is 4.39. The Hall–Kier alpha value is -1.04. The van der Waals surface area contributed by atoms with Gasteiger partial charge < -0.3 is 5.73 Å². The molecule has 2 aromatic rings. The molecular formula is C14H18IN3. The van der Waals surface area contributed by atoms with E-state index in [4.69, 9.17) is 5.73 Å². The highest BCUT2D eigenvalue weighted by molar-refractivity contribution is 14.1. The van der Waals surface area contributed by atoms with Crippen LogP contribution in [0.2, 0.25) is 0 Å². The Labute approximate surface area is 122 Å². The average molecular weight is 355 g/mol. The van der Waals surface area contributed by atoms with Crippen LogP contribution >= 0.6 is 22.6 Å². The maximum Gasteiger partial charge on any atom is 0.115 e. The smallest absolute Gasteiger partial charge is 0.115 e. The lowest BCUT2D eigenvalue weighted by Gasteiger charge is -2.12. The van der Waals surface area contributed by atoms with E-state index in [1.54, 1.807) is 0 Å². The summed E-state index contributed by atoms with van der Waals surface area (Å²) in [5, 5.41) is 4.64. The Balaban J connectivity index is 2.37. The van der Waals surface area contributed by atoms with Gasteiger partial charge in [-0.15, -0.1) is 0 Å². The number of hydrogen-bond donors (Lipinski definition) is 1. The molecule has 2 N–H and O–H groups in total. The van der Waals surface area contributed by atoms with Crippen LogP contribution in [-0.4, -0.2) is 9.78 Å². The van der Waals surface area contributed by atoms with E-state index in [9.17, 15) is 0 Å². The first kappa shape index (κ1) is 13.4. The standard InChI is InChI=1S/C14H18IN3/c1-3-12(4-2)18-9-13(16)14(17-18)10-5-7-11(15)8-6-10/h5-9,12H,3-4,16H2,1-2H3. The molecule has 0 spiro atoms. The lowest BCUT2D eigenvalue weighted by atomic mass is 10.1. The van der Waals surface area contributed by atoms with Gasteiger partial charge in [0, 0.05) is 15.3 Å². The number of halogens is 1. The summed E-state index contributed by atoms with van der Waals surface area (Å²) in [7, 11) is 0. The number of nitrogens with two attached hydrogens (primary N) is 1. The SMILES string of the molecule is CCC(CC)n1cc(N)c(-c2ccc(I)cc2)n1. The van der Waals surface area contributed by atoms with Crippen LogP contribution in [0.15, 0.2) is 30.5 Å². The van der Waals surface area contributed by atoms with Gasteiger partial charge in [-0.1, -0.05) is 26.0 Å². The van der Waals surface area contributed by atoms with Crippen molar-refractivity contribution in [3.8, 4) is 11.3 Å². The van der Waals surface area contributed by atoms with E-state index in [0.717, 1.165) is 29.8 Å². The van der Waals surface area contributed by atoms with Crippen molar-refractivity contribution in [2.24, 2.45) is 0 Å². The van der Waals surface area contributed by atoms with Gasteiger partial charge >= 0.3 is 0 Å². The summed E-state index contributed by atoms with van der Waals surface area (Å²) in [4.78, 5) is 0. The van der Waals surface area contributed by atoms with Crippen molar-refractivity contribution < 1.29 is 0 Å². The number of hydrogen-bond acceptors (Lipinski definition) is 2. The molecule has 0 aliphatic carbocycles. The predicted octanol–water partition coefficient (Wildman–Crippen LogP) is 4.10. The van der Waals surface area contributed by atoms with Gasteiger partial charge in [-0.2, -0.15) is 5.10 Å². The molecule has 0 aliphatic heterocycles. The fraction of sp³-hybridized carbons (Fsp3) is 0.357. The molecule has 0 unspecified atom stereocenters. The van der Waals surface area contributed by atoms with Gasteiger partial charge in [0.25, 0.3) is 0 Å². The van der Waals surface area contributed by atoms with Crippen molar-refractivity contribution in [2.45, 2.75) is 32.7 Å². The molecule has 0 saturated carbocycles. The molecule has 0 radical (unpaired) electrons. The third-order valence-electron chi connectivity index (χ3n) is 3.19. The van der Waals surface area contributed by atoms with E-state index < -0.39 is 0 Å². The summed E-state index contributed by atoms with van der Waals surface area (Å²) >= 11 is 2.30. The molecule has 0 saturated heterocycles. The van der Waals surface area contributed by atoms with E-state index in [-0.39, 0.29) is 0 Å². The Morgan fingerprint density at radius 2 is 1.83 bits per heavy atom. The number of benzene rings is 1. The van der Waals surface area contributed by atoms with Gasteiger partial charge in [-0.3, -0.25) is 4.68 Å². The molecule has 1 heterocycles. The summed E-state index contributed by atoms with van der Waals surface area (Å²) in [6.07, 6.45) is 4.10. The molecule has 0 amide bonds. The number of nitrogen functional groups attached to an aromatic ring is 1. The zero-order valence-electron chi connectivity index (χ0n) is 10.7. The topological polar surface area (TPSA) is 43.8 Å². The van der Waals surface area contributed by atoms with Crippen LogP contribution in [0.1, 0.15) is 32.7 Å². The minimum Gasteiger partial charge on any atom is -0.396 e. The highest BCUT2D eigenvalue weighted by atomic mass is 127. The lowest BCUT2D eigenvalue weighted by Crippen LogP contribution is -2.07. The Morgan fingerprint density at radius 1 is 1.22 bits per heavy atom. The quantitative estimate of drug-likeness (QED) is 0.840. The summed E-state index contributed by atoms with van der Waals surface area (Å²) in [5.74, 6) is 0. The molecule has 1 aromatic heterocycles. The van der Waals surface area contributed by atoms with E-state index in [2.05, 4.69) is 65.8 Å². The first-order chi connectivity index (χ1) is 8.65. The average Bonchev–Trinajstić information content (AvgIpc) is 2.74. The number of aromatic nitrogens is 2. The van der Waals surface area contributed by atoms with Crippen molar-refractivity contribution in [3.05, 3.63) is 34.0 Å². The fourth-order valence-corrected chi connectivity index (χ4v) is 2.45. The van der Waals surface area contributed by atoms with E-state index >= 15 is 0 Å². The minimum absolute atomic E-state index is 0.435. The summed E-state index contributed by atoms with van der Waals surface area (Å²) in [6, 6.07) is 8.72. The first-order valence-corrected chi connectivity index (χ1v) is 7.34. The molecule has 0 aliphatic rings. The van der Waals surface area contributed by atoms with E-state index in [1.807, 2.05) is 10.9 Å². The maximum absolute atomic E-state index is 6.07. The molecule has 1 aromatic carbocycles. The van der Waals surface area contributed by atoms with Crippen LogP contribution in [0.5, 0.6) is 0 Å². The molecule has 96 valence electrons. The van der Waals surface area contributed by atoms with Crippen molar-refractivity contribution in [1.29, 1.82) is 0 Å². The zero-order valence-corrected chi connectivity index (χ0v) is 12.9. The van der Waals surface area contributed by atoms with Gasteiger partial charge in [0.2, 0.25) is 0 Å². The summed E-state index contributed by atoms with van der Waals surface area (Å²) in [6.45, 7) is 4.35. The van der Waals surface area contributed by atoms with Gasteiger partial charge in [0.15, 0.2) is 0 Å². The van der Waals surface area contributed by atoms with Crippen molar-refractivity contribution in [3.63, 3.8) is 0 Å². The molecule has 0 bridgehead atoms.